The lowest BCUT2D eigenvalue weighted by Crippen LogP contribution is -2.33. The monoisotopic (exact) mass is 388 g/mol. The number of amides is 1. The van der Waals surface area contributed by atoms with Crippen molar-refractivity contribution in [2.24, 2.45) is 0 Å². The molecule has 0 aliphatic carbocycles. The van der Waals surface area contributed by atoms with E-state index >= 15 is 0 Å². The van der Waals surface area contributed by atoms with E-state index in [9.17, 15) is 4.79 Å². The van der Waals surface area contributed by atoms with Crippen LogP contribution in [0.25, 0.3) is 0 Å². The molecular formula is C24H28N4O. The Hall–Kier alpha value is -3.21. The lowest BCUT2D eigenvalue weighted by atomic mass is 10.2. The van der Waals surface area contributed by atoms with Gasteiger partial charge in [-0.05, 0) is 51.0 Å². The first-order chi connectivity index (χ1) is 14.0. The molecule has 3 rings (SSSR count). The minimum absolute atomic E-state index is 0.0937. The molecule has 0 unspecified atom stereocenters. The molecule has 2 aromatic carbocycles. The van der Waals surface area contributed by atoms with Gasteiger partial charge in [0.25, 0.3) is 5.91 Å². The van der Waals surface area contributed by atoms with Gasteiger partial charge in [0.1, 0.15) is 0 Å². The van der Waals surface area contributed by atoms with Crippen LogP contribution in [0.5, 0.6) is 0 Å². The van der Waals surface area contributed by atoms with Crippen molar-refractivity contribution in [2.75, 3.05) is 16.3 Å². The Morgan fingerprint density at radius 3 is 2.28 bits per heavy atom. The Kier molecular flexibility index (Phi) is 6.60. The Morgan fingerprint density at radius 2 is 1.69 bits per heavy atom. The number of aromatic nitrogens is 2. The first kappa shape index (κ1) is 20.5. The van der Waals surface area contributed by atoms with E-state index < -0.39 is 0 Å². The van der Waals surface area contributed by atoms with Gasteiger partial charge in [-0.3, -0.25) is 4.79 Å². The number of benzene rings is 2. The highest BCUT2D eigenvalue weighted by Gasteiger charge is 2.19. The summed E-state index contributed by atoms with van der Waals surface area (Å²) in [6.07, 6.45) is 3.26. The molecule has 150 valence electrons. The Bertz CT molecular complexity index is 939. The zero-order valence-electron chi connectivity index (χ0n) is 17.5. The third kappa shape index (κ3) is 4.99. The van der Waals surface area contributed by atoms with Crippen molar-refractivity contribution in [3.63, 3.8) is 0 Å². The van der Waals surface area contributed by atoms with Crippen LogP contribution in [-0.4, -0.2) is 28.5 Å². The van der Waals surface area contributed by atoms with Crippen molar-refractivity contribution in [3.8, 4) is 0 Å². The predicted octanol–water partition coefficient (Wildman–Crippen LogP) is 4.87. The second-order valence-electron chi connectivity index (χ2n) is 7.37. The van der Waals surface area contributed by atoms with Gasteiger partial charge in [-0.1, -0.05) is 42.5 Å². The maximum atomic E-state index is 13.0. The SMILES string of the molecule is CCN(C(=O)c1cnc(N(Cc2ccccc2)C(C)C)nc1)c1cccc(C)c1. The summed E-state index contributed by atoms with van der Waals surface area (Å²) in [6, 6.07) is 18.4. The van der Waals surface area contributed by atoms with Gasteiger partial charge in [-0.2, -0.15) is 0 Å². The second kappa shape index (κ2) is 9.32. The summed E-state index contributed by atoms with van der Waals surface area (Å²) in [6.45, 7) is 9.51. The molecule has 1 heterocycles. The highest BCUT2D eigenvalue weighted by atomic mass is 16.2. The molecule has 3 aromatic rings. The summed E-state index contributed by atoms with van der Waals surface area (Å²) in [5.74, 6) is 0.530. The normalized spacial score (nSPS) is 10.8. The summed E-state index contributed by atoms with van der Waals surface area (Å²) in [5.41, 5.74) is 3.69. The van der Waals surface area contributed by atoms with Gasteiger partial charge < -0.3 is 9.80 Å². The molecule has 0 bridgehead atoms. The van der Waals surface area contributed by atoms with Gasteiger partial charge in [-0.25, -0.2) is 9.97 Å². The molecule has 0 aliphatic rings. The quantitative estimate of drug-likeness (QED) is 0.580. The van der Waals surface area contributed by atoms with Gasteiger partial charge in [-0.15, -0.1) is 0 Å². The number of anilines is 2. The molecule has 0 radical (unpaired) electrons. The highest BCUT2D eigenvalue weighted by molar-refractivity contribution is 6.05. The number of carbonyl (C=O) groups is 1. The van der Waals surface area contributed by atoms with Crippen molar-refractivity contribution in [1.29, 1.82) is 0 Å². The standard InChI is InChI=1S/C24H28N4O/c1-5-27(22-13-9-10-19(4)14-22)23(29)21-15-25-24(26-16-21)28(18(2)3)17-20-11-7-6-8-12-20/h6-16,18H,5,17H2,1-4H3. The topological polar surface area (TPSA) is 49.3 Å². The fraction of sp³-hybridized carbons (Fsp3) is 0.292. The van der Waals surface area contributed by atoms with Crippen LogP contribution in [0.1, 0.15) is 42.3 Å². The van der Waals surface area contributed by atoms with Crippen molar-refractivity contribution in [2.45, 2.75) is 40.3 Å². The van der Waals surface area contributed by atoms with Crippen LogP contribution < -0.4 is 9.80 Å². The number of rotatable bonds is 7. The fourth-order valence-electron chi connectivity index (χ4n) is 3.24. The van der Waals surface area contributed by atoms with E-state index in [0.29, 0.717) is 18.1 Å². The minimum Gasteiger partial charge on any atom is -0.334 e. The van der Waals surface area contributed by atoms with Crippen molar-refractivity contribution in [3.05, 3.63) is 83.7 Å². The maximum Gasteiger partial charge on any atom is 0.261 e. The number of hydrogen-bond donors (Lipinski definition) is 0. The second-order valence-corrected chi connectivity index (χ2v) is 7.37. The number of aryl methyl sites for hydroxylation is 1. The van der Waals surface area contributed by atoms with Gasteiger partial charge in [0.15, 0.2) is 0 Å². The summed E-state index contributed by atoms with van der Waals surface area (Å²) in [7, 11) is 0. The Balaban J connectivity index is 1.81. The Morgan fingerprint density at radius 1 is 1.00 bits per heavy atom. The van der Waals surface area contributed by atoms with Crippen LogP contribution in [-0.2, 0) is 6.54 Å². The molecule has 0 saturated carbocycles. The van der Waals surface area contributed by atoms with Crippen molar-refractivity contribution >= 4 is 17.5 Å². The van der Waals surface area contributed by atoms with Crippen LogP contribution in [0.15, 0.2) is 67.0 Å². The van der Waals surface area contributed by atoms with Crippen LogP contribution >= 0.6 is 0 Å². The molecule has 1 amide bonds. The smallest absolute Gasteiger partial charge is 0.261 e. The number of carbonyl (C=O) groups excluding carboxylic acids is 1. The van der Waals surface area contributed by atoms with E-state index in [0.717, 1.165) is 17.8 Å². The Labute approximate surface area is 173 Å². The molecule has 0 aliphatic heterocycles. The van der Waals surface area contributed by atoms with E-state index in [-0.39, 0.29) is 11.9 Å². The largest absolute Gasteiger partial charge is 0.334 e. The number of hydrogen-bond acceptors (Lipinski definition) is 4. The molecule has 29 heavy (non-hydrogen) atoms. The van der Waals surface area contributed by atoms with Gasteiger partial charge >= 0.3 is 0 Å². The molecule has 1 aromatic heterocycles. The van der Waals surface area contributed by atoms with Crippen LogP contribution in [0.4, 0.5) is 11.6 Å². The van der Waals surface area contributed by atoms with Crippen molar-refractivity contribution < 1.29 is 4.79 Å². The van der Waals surface area contributed by atoms with Crippen LogP contribution in [0.3, 0.4) is 0 Å². The molecule has 0 N–H and O–H groups in total. The molecule has 0 saturated heterocycles. The minimum atomic E-state index is -0.0937. The van der Waals surface area contributed by atoms with E-state index in [4.69, 9.17) is 0 Å². The highest BCUT2D eigenvalue weighted by Crippen LogP contribution is 2.20. The predicted molar refractivity (Wildman–Crippen MR) is 118 cm³/mol. The lowest BCUT2D eigenvalue weighted by molar-refractivity contribution is 0.0987. The van der Waals surface area contributed by atoms with Crippen LogP contribution in [0.2, 0.25) is 0 Å². The molecular weight excluding hydrogens is 360 g/mol. The van der Waals surface area contributed by atoms with E-state index in [2.05, 4.69) is 40.8 Å². The fourth-order valence-corrected chi connectivity index (χ4v) is 3.24. The summed E-state index contributed by atoms with van der Waals surface area (Å²) >= 11 is 0. The van der Waals surface area contributed by atoms with Gasteiger partial charge in [0.2, 0.25) is 5.95 Å². The molecule has 0 spiro atoms. The molecule has 0 atom stereocenters. The summed E-state index contributed by atoms with van der Waals surface area (Å²) in [4.78, 5) is 25.9. The van der Waals surface area contributed by atoms with Gasteiger partial charge in [0.05, 0.1) is 5.56 Å². The zero-order chi connectivity index (χ0) is 20.8. The molecule has 5 nitrogen and oxygen atoms in total. The molecule has 5 heteroatoms. The average molecular weight is 389 g/mol. The van der Waals surface area contributed by atoms with Crippen LogP contribution in [0, 0.1) is 6.92 Å². The summed E-state index contributed by atoms with van der Waals surface area (Å²) < 4.78 is 0. The van der Waals surface area contributed by atoms with E-state index in [1.807, 2.05) is 56.3 Å². The third-order valence-electron chi connectivity index (χ3n) is 4.84. The first-order valence-corrected chi connectivity index (χ1v) is 10.0. The van der Waals surface area contributed by atoms with E-state index in [1.165, 1.54) is 5.56 Å². The average Bonchev–Trinajstić information content (AvgIpc) is 2.73. The first-order valence-electron chi connectivity index (χ1n) is 10.0. The molecule has 0 fully saturated rings. The van der Waals surface area contributed by atoms with E-state index in [1.54, 1.807) is 17.3 Å². The van der Waals surface area contributed by atoms with Crippen molar-refractivity contribution in [1.82, 2.24) is 9.97 Å². The maximum absolute atomic E-state index is 13.0. The number of nitrogens with zero attached hydrogens (tertiary/aromatic N) is 4. The lowest BCUT2D eigenvalue weighted by Gasteiger charge is -2.27. The zero-order valence-corrected chi connectivity index (χ0v) is 17.5. The third-order valence-corrected chi connectivity index (χ3v) is 4.84. The van der Waals surface area contributed by atoms with Gasteiger partial charge in [0, 0.05) is 37.2 Å². The summed E-state index contributed by atoms with van der Waals surface area (Å²) in [5, 5.41) is 0.